The molecular formula is C25H25F3N6O2. The van der Waals surface area contributed by atoms with Crippen molar-refractivity contribution in [2.24, 2.45) is 0 Å². The number of halogens is 3. The third kappa shape index (κ3) is 4.71. The Hall–Kier alpha value is -3.70. The summed E-state index contributed by atoms with van der Waals surface area (Å²) >= 11 is 0. The van der Waals surface area contributed by atoms with Gasteiger partial charge < -0.3 is 15.7 Å². The molecule has 0 amide bonds. The summed E-state index contributed by atoms with van der Waals surface area (Å²) in [6.45, 7) is 3.29. The van der Waals surface area contributed by atoms with Crippen molar-refractivity contribution in [1.29, 1.82) is 0 Å². The van der Waals surface area contributed by atoms with Crippen LogP contribution in [0, 0.1) is 0 Å². The Bertz CT molecular complexity index is 1500. The number of hydrogen-bond acceptors (Lipinski definition) is 6. The van der Waals surface area contributed by atoms with Gasteiger partial charge in [-0.1, -0.05) is 18.2 Å². The van der Waals surface area contributed by atoms with Crippen LogP contribution in [0.4, 0.5) is 24.8 Å². The molecule has 0 saturated heterocycles. The highest BCUT2D eigenvalue weighted by Gasteiger charge is 2.32. The molecule has 1 aliphatic rings. The topological polar surface area (TPSA) is 97.0 Å². The molecule has 11 heteroatoms. The summed E-state index contributed by atoms with van der Waals surface area (Å²) in [4.78, 5) is 21.6. The van der Waals surface area contributed by atoms with E-state index >= 15 is 0 Å². The van der Waals surface area contributed by atoms with E-state index in [-0.39, 0.29) is 22.7 Å². The molecular weight excluding hydrogens is 473 g/mol. The summed E-state index contributed by atoms with van der Waals surface area (Å²) in [5.74, 6) is 0.141. The van der Waals surface area contributed by atoms with Gasteiger partial charge in [-0.15, -0.1) is 0 Å². The fourth-order valence-electron chi connectivity index (χ4n) is 4.37. The first-order valence-corrected chi connectivity index (χ1v) is 11.5. The third-order valence-corrected chi connectivity index (χ3v) is 6.15. The van der Waals surface area contributed by atoms with E-state index in [9.17, 15) is 23.1 Å². The van der Waals surface area contributed by atoms with E-state index in [2.05, 4.69) is 20.6 Å². The van der Waals surface area contributed by atoms with Crippen molar-refractivity contribution >= 4 is 22.7 Å². The first-order chi connectivity index (χ1) is 17.0. The maximum Gasteiger partial charge on any atom is 0.408 e. The van der Waals surface area contributed by atoms with Gasteiger partial charge in [0, 0.05) is 18.4 Å². The Labute approximate surface area is 204 Å². The van der Waals surface area contributed by atoms with Crippen LogP contribution in [0.1, 0.15) is 30.5 Å². The summed E-state index contributed by atoms with van der Waals surface area (Å²) in [5.41, 5.74) is 1.78. The Morgan fingerprint density at radius 3 is 2.69 bits per heavy atom. The number of rotatable bonds is 5. The van der Waals surface area contributed by atoms with Crippen molar-refractivity contribution < 1.29 is 18.3 Å². The highest BCUT2D eigenvalue weighted by molar-refractivity contribution is 5.77. The lowest BCUT2D eigenvalue weighted by Crippen LogP contribution is -2.30. The number of hydrogen-bond donors (Lipinski definition) is 3. The van der Waals surface area contributed by atoms with Crippen molar-refractivity contribution in [3.05, 3.63) is 75.7 Å². The molecule has 2 aromatic heterocycles. The summed E-state index contributed by atoms with van der Waals surface area (Å²) in [7, 11) is 0. The van der Waals surface area contributed by atoms with Gasteiger partial charge in [-0.2, -0.15) is 18.2 Å². The molecule has 4 aromatic rings. The van der Waals surface area contributed by atoms with Crippen molar-refractivity contribution in [2.75, 3.05) is 11.9 Å². The largest absolute Gasteiger partial charge is 0.408 e. The molecule has 0 saturated carbocycles. The Balaban J connectivity index is 1.64. The number of anilines is 2. The van der Waals surface area contributed by atoms with E-state index in [1.54, 1.807) is 32.0 Å². The van der Waals surface area contributed by atoms with Crippen LogP contribution >= 0.6 is 0 Å². The molecule has 0 fully saturated rings. The zero-order valence-electron chi connectivity index (χ0n) is 19.7. The summed E-state index contributed by atoms with van der Waals surface area (Å²) in [6.07, 6.45) is -2.48. The van der Waals surface area contributed by atoms with Crippen molar-refractivity contribution in [3.8, 4) is 5.69 Å². The molecule has 0 spiro atoms. The molecule has 188 valence electrons. The van der Waals surface area contributed by atoms with Gasteiger partial charge in [0.25, 0.3) is 5.56 Å². The van der Waals surface area contributed by atoms with E-state index in [1.165, 1.54) is 17.8 Å². The molecule has 5 rings (SSSR count). The predicted octanol–water partition coefficient (Wildman–Crippen LogP) is 3.76. The van der Waals surface area contributed by atoms with Crippen LogP contribution in [-0.2, 0) is 25.1 Å². The number of alkyl halides is 3. The number of aromatic nitrogens is 4. The monoisotopic (exact) mass is 498 g/mol. The molecule has 2 aromatic carbocycles. The van der Waals surface area contributed by atoms with E-state index in [0.29, 0.717) is 10.2 Å². The maximum absolute atomic E-state index is 13.5. The second-order valence-electron chi connectivity index (χ2n) is 9.37. The highest BCUT2D eigenvalue weighted by atomic mass is 19.4. The summed E-state index contributed by atoms with van der Waals surface area (Å²) in [5, 5.41) is 16.8. The molecule has 36 heavy (non-hydrogen) atoms. The molecule has 0 unspecified atom stereocenters. The van der Waals surface area contributed by atoms with E-state index in [0.717, 1.165) is 35.4 Å². The fourth-order valence-corrected chi connectivity index (χ4v) is 4.37. The van der Waals surface area contributed by atoms with Crippen LogP contribution in [0.25, 0.3) is 16.7 Å². The fraction of sp³-hybridized carbons (Fsp3) is 0.320. The van der Waals surface area contributed by atoms with Crippen molar-refractivity contribution in [2.45, 2.75) is 45.1 Å². The van der Waals surface area contributed by atoms with Crippen LogP contribution in [-0.4, -0.2) is 37.2 Å². The van der Waals surface area contributed by atoms with E-state index in [4.69, 9.17) is 0 Å². The molecule has 0 aliphatic carbocycles. The lowest BCUT2D eigenvalue weighted by Gasteiger charge is -2.20. The van der Waals surface area contributed by atoms with Gasteiger partial charge in [0.2, 0.25) is 5.95 Å². The minimum Gasteiger partial charge on any atom is -0.386 e. The maximum atomic E-state index is 13.5. The molecule has 0 atom stereocenters. The smallest absolute Gasteiger partial charge is 0.386 e. The van der Waals surface area contributed by atoms with Gasteiger partial charge in [0.1, 0.15) is 11.9 Å². The average molecular weight is 499 g/mol. The summed E-state index contributed by atoms with van der Waals surface area (Å²) < 4.78 is 42.1. The van der Waals surface area contributed by atoms with Crippen molar-refractivity contribution in [3.63, 3.8) is 0 Å². The Kier molecular flexibility index (Phi) is 5.84. The average Bonchev–Trinajstić information content (AvgIpc) is 3.08. The van der Waals surface area contributed by atoms with Crippen molar-refractivity contribution in [1.82, 2.24) is 24.6 Å². The summed E-state index contributed by atoms with van der Waals surface area (Å²) in [6, 6.07) is 12.3. The zero-order valence-corrected chi connectivity index (χ0v) is 19.7. The predicted molar refractivity (Wildman–Crippen MR) is 130 cm³/mol. The molecule has 3 N–H and O–H groups in total. The number of fused-ring (bicyclic) bond motifs is 2. The minimum atomic E-state index is -4.64. The molecule has 8 nitrogen and oxygen atoms in total. The van der Waals surface area contributed by atoms with Gasteiger partial charge in [-0.05, 0) is 67.8 Å². The second kappa shape index (κ2) is 8.75. The second-order valence-corrected chi connectivity index (χ2v) is 9.37. The molecule has 0 radical (unpaired) electrons. The van der Waals surface area contributed by atoms with Gasteiger partial charge in [0.15, 0.2) is 5.65 Å². The first kappa shape index (κ1) is 24.0. The van der Waals surface area contributed by atoms with Gasteiger partial charge >= 0.3 is 6.18 Å². The Morgan fingerprint density at radius 1 is 1.14 bits per heavy atom. The lowest BCUT2D eigenvalue weighted by molar-refractivity contribution is -0.144. The standard InChI is InChI=1S/C25H25F3N6O2/c1-24(2,36)17-4-3-5-19(11-17)34-21-20(22(35)33(34)14-25(26,27)28)13-30-23(32-21)31-18-7-6-15-8-9-29-12-16(15)10-18/h3-7,10-11,13,29,36H,8-9,12,14H2,1-2H3,(H,30,31,32). The molecule has 0 bridgehead atoms. The SMILES string of the molecule is CC(C)(O)c1cccc(-n2c3nc(Nc4ccc5c(c4)CNCC5)ncc3c(=O)n2CC(F)(F)F)c1. The van der Waals surface area contributed by atoms with E-state index < -0.39 is 23.9 Å². The lowest BCUT2D eigenvalue weighted by atomic mass is 9.98. The Morgan fingerprint density at radius 2 is 1.94 bits per heavy atom. The van der Waals surface area contributed by atoms with Crippen LogP contribution in [0.2, 0.25) is 0 Å². The number of benzene rings is 2. The normalized spacial score (nSPS) is 14.2. The minimum absolute atomic E-state index is 0.0225. The number of nitrogens with zero attached hydrogens (tertiary/aromatic N) is 4. The number of nitrogens with one attached hydrogen (secondary N) is 2. The van der Waals surface area contributed by atoms with Crippen LogP contribution in [0.15, 0.2) is 53.5 Å². The van der Waals surface area contributed by atoms with Crippen LogP contribution < -0.4 is 16.2 Å². The quantitative estimate of drug-likeness (QED) is 0.388. The first-order valence-electron chi connectivity index (χ1n) is 11.5. The zero-order chi connectivity index (χ0) is 25.7. The highest BCUT2D eigenvalue weighted by Crippen LogP contribution is 2.27. The van der Waals surface area contributed by atoms with E-state index in [1.807, 2.05) is 18.2 Å². The number of aliphatic hydroxyl groups is 1. The van der Waals surface area contributed by atoms with Gasteiger partial charge in [-0.25, -0.2) is 14.3 Å². The van der Waals surface area contributed by atoms with Gasteiger partial charge in [-0.3, -0.25) is 4.79 Å². The molecule has 3 heterocycles. The third-order valence-electron chi connectivity index (χ3n) is 6.15. The van der Waals surface area contributed by atoms with Crippen LogP contribution in [0.5, 0.6) is 0 Å². The van der Waals surface area contributed by atoms with Gasteiger partial charge in [0.05, 0.1) is 11.3 Å². The molecule has 1 aliphatic heterocycles. The van der Waals surface area contributed by atoms with Crippen LogP contribution in [0.3, 0.4) is 0 Å².